The van der Waals surface area contributed by atoms with E-state index in [1.165, 1.54) is 25.7 Å². The Hall–Kier alpha value is -0.780. The molecule has 17 heavy (non-hydrogen) atoms. The standard InChI is InChI=1S/C17H24/c1-16(2)11-12-17(3,13-7-4-5-8-13)15-10-6-9-14(15)16/h4-5,7,11-12,14-15H,6,8-10H2,1-3H3. The van der Waals surface area contributed by atoms with Gasteiger partial charge in [0.15, 0.2) is 0 Å². The van der Waals surface area contributed by atoms with Crippen molar-refractivity contribution in [2.45, 2.75) is 46.5 Å². The van der Waals surface area contributed by atoms with Crippen molar-refractivity contribution in [3.8, 4) is 0 Å². The number of hydrogen-bond donors (Lipinski definition) is 0. The van der Waals surface area contributed by atoms with Crippen molar-refractivity contribution in [2.24, 2.45) is 22.7 Å². The smallest absolute Gasteiger partial charge is 0.0100 e. The van der Waals surface area contributed by atoms with Gasteiger partial charge in [0, 0.05) is 5.41 Å². The summed E-state index contributed by atoms with van der Waals surface area (Å²) >= 11 is 0. The summed E-state index contributed by atoms with van der Waals surface area (Å²) in [5.41, 5.74) is 2.38. The Morgan fingerprint density at radius 1 is 1.06 bits per heavy atom. The number of allylic oxidation sites excluding steroid dienone is 6. The molecule has 1 fully saturated rings. The van der Waals surface area contributed by atoms with Crippen LogP contribution in [0, 0.1) is 22.7 Å². The van der Waals surface area contributed by atoms with Gasteiger partial charge in [0.2, 0.25) is 0 Å². The molecule has 0 heterocycles. The SMILES string of the molecule is CC1(C)C=CC(C)(C2=CC=CC2)C2CCCC21. The maximum Gasteiger partial charge on any atom is 0.0100 e. The fraction of sp³-hybridized carbons (Fsp3) is 0.647. The minimum Gasteiger partial charge on any atom is -0.0817 e. The van der Waals surface area contributed by atoms with Gasteiger partial charge in [0.25, 0.3) is 0 Å². The molecule has 0 aromatic carbocycles. The van der Waals surface area contributed by atoms with Crippen molar-refractivity contribution in [3.63, 3.8) is 0 Å². The summed E-state index contributed by atoms with van der Waals surface area (Å²) in [6, 6.07) is 0. The average molecular weight is 228 g/mol. The van der Waals surface area contributed by atoms with E-state index >= 15 is 0 Å². The topological polar surface area (TPSA) is 0 Å². The van der Waals surface area contributed by atoms with Crippen LogP contribution in [0.25, 0.3) is 0 Å². The van der Waals surface area contributed by atoms with Gasteiger partial charge in [0.1, 0.15) is 0 Å². The molecule has 0 aromatic heterocycles. The maximum atomic E-state index is 2.53. The van der Waals surface area contributed by atoms with Crippen molar-refractivity contribution in [2.75, 3.05) is 0 Å². The van der Waals surface area contributed by atoms with E-state index in [-0.39, 0.29) is 0 Å². The monoisotopic (exact) mass is 228 g/mol. The highest BCUT2D eigenvalue weighted by Gasteiger charge is 2.49. The zero-order valence-corrected chi connectivity index (χ0v) is 11.4. The summed E-state index contributed by atoms with van der Waals surface area (Å²) in [6.45, 7) is 7.32. The zero-order valence-electron chi connectivity index (χ0n) is 11.4. The molecule has 0 amide bonds. The van der Waals surface area contributed by atoms with Gasteiger partial charge in [-0.2, -0.15) is 0 Å². The van der Waals surface area contributed by atoms with Gasteiger partial charge in [-0.15, -0.1) is 0 Å². The highest BCUT2D eigenvalue weighted by atomic mass is 14.5. The zero-order chi connectivity index (χ0) is 12.1. The van der Waals surface area contributed by atoms with Crippen LogP contribution in [0.3, 0.4) is 0 Å². The largest absolute Gasteiger partial charge is 0.0817 e. The lowest BCUT2D eigenvalue weighted by Gasteiger charge is -2.47. The van der Waals surface area contributed by atoms with Crippen LogP contribution < -0.4 is 0 Å². The Labute approximate surface area is 105 Å². The Morgan fingerprint density at radius 2 is 1.82 bits per heavy atom. The van der Waals surface area contributed by atoms with Gasteiger partial charge in [-0.1, -0.05) is 63.1 Å². The van der Waals surface area contributed by atoms with E-state index in [4.69, 9.17) is 0 Å². The van der Waals surface area contributed by atoms with Gasteiger partial charge in [0.05, 0.1) is 0 Å². The van der Waals surface area contributed by atoms with Gasteiger partial charge in [-0.25, -0.2) is 0 Å². The third kappa shape index (κ3) is 1.57. The summed E-state index contributed by atoms with van der Waals surface area (Å²) in [4.78, 5) is 0. The molecule has 1 saturated carbocycles. The molecular formula is C17H24. The molecule has 0 heteroatoms. The fourth-order valence-electron chi connectivity index (χ4n) is 4.40. The van der Waals surface area contributed by atoms with Crippen LogP contribution in [-0.2, 0) is 0 Å². The third-order valence-electron chi connectivity index (χ3n) is 5.56. The van der Waals surface area contributed by atoms with Gasteiger partial charge in [-0.3, -0.25) is 0 Å². The Morgan fingerprint density at radius 3 is 2.53 bits per heavy atom. The van der Waals surface area contributed by atoms with E-state index < -0.39 is 0 Å². The lowest BCUT2D eigenvalue weighted by atomic mass is 9.57. The molecule has 0 saturated heterocycles. The van der Waals surface area contributed by atoms with Crippen molar-refractivity contribution in [1.82, 2.24) is 0 Å². The van der Waals surface area contributed by atoms with Crippen LogP contribution in [-0.4, -0.2) is 0 Å². The number of fused-ring (bicyclic) bond motifs is 1. The van der Waals surface area contributed by atoms with Crippen molar-refractivity contribution < 1.29 is 0 Å². The van der Waals surface area contributed by atoms with Crippen LogP contribution in [0.1, 0.15) is 46.5 Å². The molecule has 0 nitrogen and oxygen atoms in total. The van der Waals surface area contributed by atoms with Crippen LogP contribution in [0.2, 0.25) is 0 Å². The van der Waals surface area contributed by atoms with Gasteiger partial charge < -0.3 is 0 Å². The first-order valence-electron chi connectivity index (χ1n) is 7.11. The van der Waals surface area contributed by atoms with E-state index in [2.05, 4.69) is 51.2 Å². The Kier molecular flexibility index (Phi) is 2.40. The quantitative estimate of drug-likeness (QED) is 0.560. The molecule has 0 aliphatic heterocycles. The summed E-state index contributed by atoms with van der Waals surface area (Å²) in [7, 11) is 0. The van der Waals surface area contributed by atoms with E-state index in [1.807, 2.05) is 0 Å². The summed E-state index contributed by atoms with van der Waals surface area (Å²) < 4.78 is 0. The number of rotatable bonds is 1. The molecule has 3 aliphatic rings. The summed E-state index contributed by atoms with van der Waals surface area (Å²) in [5.74, 6) is 1.76. The van der Waals surface area contributed by atoms with Gasteiger partial charge in [-0.05, 0) is 36.5 Å². The lowest BCUT2D eigenvalue weighted by Crippen LogP contribution is -2.40. The van der Waals surface area contributed by atoms with Crippen LogP contribution in [0.15, 0.2) is 36.0 Å². The first-order valence-corrected chi connectivity index (χ1v) is 7.11. The molecule has 0 aromatic rings. The van der Waals surface area contributed by atoms with Crippen LogP contribution in [0.4, 0.5) is 0 Å². The first-order chi connectivity index (χ1) is 8.04. The Balaban J connectivity index is 2.01. The molecule has 0 N–H and O–H groups in total. The fourth-order valence-corrected chi connectivity index (χ4v) is 4.40. The minimum atomic E-state index is 0.334. The second-order valence-electron chi connectivity index (χ2n) is 6.91. The first kappa shape index (κ1) is 11.3. The Bertz CT molecular complexity index is 408. The van der Waals surface area contributed by atoms with Crippen molar-refractivity contribution in [1.29, 1.82) is 0 Å². The normalized spacial score (nSPS) is 42.6. The molecule has 0 spiro atoms. The molecule has 0 radical (unpaired) electrons. The van der Waals surface area contributed by atoms with Crippen molar-refractivity contribution in [3.05, 3.63) is 36.0 Å². The molecule has 3 atom stereocenters. The van der Waals surface area contributed by atoms with E-state index in [9.17, 15) is 0 Å². The lowest BCUT2D eigenvalue weighted by molar-refractivity contribution is 0.125. The predicted octanol–water partition coefficient (Wildman–Crippen LogP) is 4.89. The third-order valence-corrected chi connectivity index (χ3v) is 5.56. The van der Waals surface area contributed by atoms with Crippen molar-refractivity contribution >= 4 is 0 Å². The minimum absolute atomic E-state index is 0.334. The van der Waals surface area contributed by atoms with Crippen LogP contribution >= 0.6 is 0 Å². The highest BCUT2D eigenvalue weighted by Crippen LogP contribution is 2.58. The molecular weight excluding hydrogens is 204 g/mol. The van der Waals surface area contributed by atoms with E-state index in [0.717, 1.165) is 11.8 Å². The predicted molar refractivity (Wildman–Crippen MR) is 73.7 cm³/mol. The second kappa shape index (κ2) is 3.60. The maximum absolute atomic E-state index is 2.53. The van der Waals surface area contributed by atoms with Crippen LogP contribution in [0.5, 0.6) is 0 Å². The van der Waals surface area contributed by atoms with E-state index in [1.54, 1.807) is 5.57 Å². The van der Waals surface area contributed by atoms with Gasteiger partial charge >= 0.3 is 0 Å². The second-order valence-corrected chi connectivity index (χ2v) is 6.91. The molecule has 92 valence electrons. The summed E-state index contributed by atoms with van der Waals surface area (Å²) in [5, 5.41) is 0. The molecule has 3 rings (SSSR count). The van der Waals surface area contributed by atoms with E-state index in [0.29, 0.717) is 10.8 Å². The average Bonchev–Trinajstić information content (AvgIpc) is 2.94. The molecule has 3 aliphatic carbocycles. The number of hydrogen-bond acceptors (Lipinski definition) is 0. The molecule has 0 bridgehead atoms. The summed E-state index contributed by atoms with van der Waals surface area (Å²) in [6.07, 6.45) is 17.4. The molecule has 3 unspecified atom stereocenters. The highest BCUT2D eigenvalue weighted by molar-refractivity contribution is 5.36.